The lowest BCUT2D eigenvalue weighted by atomic mass is 10.1. The van der Waals surface area contributed by atoms with Gasteiger partial charge in [0, 0.05) is 0 Å². The molecule has 0 heterocycles. The summed E-state index contributed by atoms with van der Waals surface area (Å²) in [4.78, 5) is 12.1. The third kappa shape index (κ3) is 4.54. The minimum atomic E-state index is -0.391. The molecule has 5 nitrogen and oxygen atoms in total. The predicted molar refractivity (Wildman–Crippen MR) is 99.7 cm³/mol. The molecule has 3 rings (SSSR count). The van der Waals surface area contributed by atoms with Crippen molar-refractivity contribution < 1.29 is 14.3 Å². The Hall–Kier alpha value is -3.47. The van der Waals surface area contributed by atoms with Gasteiger partial charge in [0.1, 0.15) is 11.5 Å². The molecule has 0 spiro atoms. The van der Waals surface area contributed by atoms with Crippen LogP contribution in [0.2, 0.25) is 0 Å². The summed E-state index contributed by atoms with van der Waals surface area (Å²) in [5.41, 5.74) is 2.99. The third-order valence-corrected chi connectivity index (χ3v) is 3.69. The Labute approximate surface area is 151 Å². The quantitative estimate of drug-likeness (QED) is 0.341. The van der Waals surface area contributed by atoms with Crippen LogP contribution in [0.1, 0.15) is 15.9 Å². The highest BCUT2D eigenvalue weighted by molar-refractivity contribution is 5.91. The molecule has 0 N–H and O–H groups in total. The Balaban J connectivity index is 1.63. The zero-order chi connectivity index (χ0) is 18.4. The summed E-state index contributed by atoms with van der Waals surface area (Å²) in [7, 11) is 1.61. The number of azo groups is 1. The Morgan fingerprint density at radius 2 is 1.23 bits per heavy atom. The Kier molecular flexibility index (Phi) is 5.39. The number of carbonyl (C=O) groups excluding carboxylic acids is 1. The first-order valence-corrected chi connectivity index (χ1v) is 8.09. The average molecular weight is 346 g/mol. The van der Waals surface area contributed by atoms with Crippen molar-refractivity contribution in [1.82, 2.24) is 0 Å². The molecule has 0 radical (unpaired) electrons. The number of nitrogens with zero attached hydrogens (tertiary/aromatic N) is 2. The second-order valence-corrected chi connectivity index (χ2v) is 5.65. The molecule has 0 aliphatic carbocycles. The van der Waals surface area contributed by atoms with E-state index in [0.717, 1.165) is 17.0 Å². The molecule has 0 fully saturated rings. The summed E-state index contributed by atoms with van der Waals surface area (Å²) in [5.74, 6) is 0.834. The number of methoxy groups -OCH3 is 1. The number of rotatable bonds is 5. The van der Waals surface area contributed by atoms with E-state index in [1.54, 1.807) is 43.5 Å². The predicted octanol–water partition coefficient (Wildman–Crippen LogP) is 5.64. The molecule has 0 aliphatic rings. The molecule has 0 saturated carbocycles. The van der Waals surface area contributed by atoms with Gasteiger partial charge in [-0.05, 0) is 67.6 Å². The Morgan fingerprint density at radius 3 is 1.73 bits per heavy atom. The van der Waals surface area contributed by atoms with E-state index < -0.39 is 5.97 Å². The molecule has 5 heteroatoms. The maximum atomic E-state index is 12.1. The zero-order valence-electron chi connectivity index (χ0n) is 14.5. The fraction of sp³-hybridized carbons (Fsp3) is 0.0952. The largest absolute Gasteiger partial charge is 0.497 e. The number of aryl methyl sites for hydroxylation is 1. The Morgan fingerprint density at radius 1 is 0.731 bits per heavy atom. The smallest absolute Gasteiger partial charge is 0.343 e. The Bertz CT molecular complexity index is 899. The van der Waals surface area contributed by atoms with Crippen LogP contribution in [0.15, 0.2) is 83.0 Å². The molecule has 0 aliphatic heterocycles. The van der Waals surface area contributed by atoms with Crippen molar-refractivity contribution in [3.8, 4) is 11.5 Å². The van der Waals surface area contributed by atoms with Crippen LogP contribution in [-0.2, 0) is 0 Å². The number of hydrogen-bond acceptors (Lipinski definition) is 5. The van der Waals surface area contributed by atoms with E-state index in [-0.39, 0.29) is 0 Å². The zero-order valence-corrected chi connectivity index (χ0v) is 14.5. The van der Waals surface area contributed by atoms with Crippen LogP contribution in [0.25, 0.3) is 0 Å². The van der Waals surface area contributed by atoms with E-state index in [2.05, 4.69) is 10.2 Å². The van der Waals surface area contributed by atoms with Crippen molar-refractivity contribution in [1.29, 1.82) is 0 Å². The van der Waals surface area contributed by atoms with Crippen molar-refractivity contribution in [2.24, 2.45) is 10.2 Å². The lowest BCUT2D eigenvalue weighted by molar-refractivity contribution is 0.0735. The topological polar surface area (TPSA) is 60.3 Å². The fourth-order valence-corrected chi connectivity index (χ4v) is 2.20. The number of benzene rings is 3. The van der Waals surface area contributed by atoms with Crippen LogP contribution >= 0.6 is 0 Å². The second kappa shape index (κ2) is 8.07. The lowest BCUT2D eigenvalue weighted by Gasteiger charge is -2.04. The van der Waals surface area contributed by atoms with Gasteiger partial charge in [0.2, 0.25) is 0 Å². The summed E-state index contributed by atoms with van der Waals surface area (Å²) < 4.78 is 10.5. The second-order valence-electron chi connectivity index (χ2n) is 5.65. The highest BCUT2D eigenvalue weighted by atomic mass is 16.5. The summed E-state index contributed by atoms with van der Waals surface area (Å²) in [6, 6.07) is 21.4. The van der Waals surface area contributed by atoms with E-state index in [1.807, 2.05) is 43.3 Å². The molecule has 0 unspecified atom stereocenters. The van der Waals surface area contributed by atoms with Gasteiger partial charge in [-0.1, -0.05) is 17.7 Å². The first-order valence-electron chi connectivity index (χ1n) is 8.09. The van der Waals surface area contributed by atoms with E-state index >= 15 is 0 Å². The number of carbonyl (C=O) groups is 1. The van der Waals surface area contributed by atoms with Crippen molar-refractivity contribution in [2.45, 2.75) is 6.92 Å². The molecule has 0 aromatic heterocycles. The maximum absolute atomic E-state index is 12.1. The highest BCUT2D eigenvalue weighted by Crippen LogP contribution is 2.23. The van der Waals surface area contributed by atoms with Crippen molar-refractivity contribution in [3.05, 3.63) is 83.9 Å². The van der Waals surface area contributed by atoms with Crippen LogP contribution in [0.3, 0.4) is 0 Å². The molecular weight excluding hydrogens is 328 g/mol. The minimum absolute atomic E-state index is 0.391. The average Bonchev–Trinajstić information content (AvgIpc) is 2.68. The molecule has 3 aromatic rings. The van der Waals surface area contributed by atoms with Gasteiger partial charge in [0.15, 0.2) is 0 Å². The monoisotopic (exact) mass is 346 g/mol. The number of ether oxygens (including phenoxy) is 2. The standard InChI is InChI=1S/C21H18N2O3/c1-15-3-5-16(6-4-15)21(24)26-20-13-9-18(10-14-20)23-22-17-7-11-19(25-2)12-8-17/h3-14H,1-2H3. The van der Waals surface area contributed by atoms with Crippen molar-refractivity contribution in [3.63, 3.8) is 0 Å². The maximum Gasteiger partial charge on any atom is 0.343 e. The van der Waals surface area contributed by atoms with Gasteiger partial charge >= 0.3 is 5.97 Å². The van der Waals surface area contributed by atoms with Crippen LogP contribution in [-0.4, -0.2) is 13.1 Å². The molecular formula is C21H18N2O3. The summed E-state index contributed by atoms with van der Waals surface area (Å²) in [5, 5.41) is 8.32. The lowest BCUT2D eigenvalue weighted by Crippen LogP contribution is -2.08. The first-order chi connectivity index (χ1) is 12.6. The van der Waals surface area contributed by atoms with E-state index in [9.17, 15) is 4.79 Å². The fourth-order valence-electron chi connectivity index (χ4n) is 2.20. The molecule has 0 atom stereocenters. The van der Waals surface area contributed by atoms with Gasteiger partial charge in [-0.25, -0.2) is 4.79 Å². The SMILES string of the molecule is COc1ccc(N=Nc2ccc(OC(=O)c3ccc(C)cc3)cc2)cc1. The van der Waals surface area contributed by atoms with Crippen LogP contribution in [0, 0.1) is 6.92 Å². The van der Waals surface area contributed by atoms with Crippen LogP contribution in [0.4, 0.5) is 11.4 Å². The molecule has 0 amide bonds. The molecule has 130 valence electrons. The number of hydrogen-bond donors (Lipinski definition) is 0. The van der Waals surface area contributed by atoms with Gasteiger partial charge in [0.25, 0.3) is 0 Å². The normalized spacial score (nSPS) is 10.7. The summed E-state index contributed by atoms with van der Waals surface area (Å²) >= 11 is 0. The molecule has 26 heavy (non-hydrogen) atoms. The van der Waals surface area contributed by atoms with Gasteiger partial charge in [-0.3, -0.25) is 0 Å². The van der Waals surface area contributed by atoms with Crippen LogP contribution < -0.4 is 9.47 Å². The number of esters is 1. The molecule has 0 bridgehead atoms. The summed E-state index contributed by atoms with van der Waals surface area (Å²) in [6.45, 7) is 1.97. The van der Waals surface area contributed by atoms with E-state index in [4.69, 9.17) is 9.47 Å². The van der Waals surface area contributed by atoms with Gasteiger partial charge in [-0.15, -0.1) is 0 Å². The van der Waals surface area contributed by atoms with Gasteiger partial charge in [-0.2, -0.15) is 10.2 Å². The van der Waals surface area contributed by atoms with Gasteiger partial charge < -0.3 is 9.47 Å². The van der Waals surface area contributed by atoms with Crippen molar-refractivity contribution in [2.75, 3.05) is 7.11 Å². The van der Waals surface area contributed by atoms with Gasteiger partial charge in [0.05, 0.1) is 24.0 Å². The first kappa shape index (κ1) is 17.4. The van der Waals surface area contributed by atoms with Crippen molar-refractivity contribution >= 4 is 17.3 Å². The van der Waals surface area contributed by atoms with E-state index in [0.29, 0.717) is 17.0 Å². The highest BCUT2D eigenvalue weighted by Gasteiger charge is 2.08. The van der Waals surface area contributed by atoms with E-state index in [1.165, 1.54) is 0 Å². The third-order valence-electron chi connectivity index (χ3n) is 3.69. The minimum Gasteiger partial charge on any atom is -0.497 e. The van der Waals surface area contributed by atoms with Crippen LogP contribution in [0.5, 0.6) is 11.5 Å². The molecule has 0 saturated heterocycles. The summed E-state index contributed by atoms with van der Waals surface area (Å²) in [6.07, 6.45) is 0. The molecule has 3 aromatic carbocycles.